The molecule has 6 N–H and O–H groups in total. The lowest BCUT2D eigenvalue weighted by atomic mass is 9.99. The first-order valence-corrected chi connectivity index (χ1v) is 11.7. The number of hydrogen-bond donors (Lipinski definition) is 5. The van der Waals surface area contributed by atoms with Crippen LogP contribution in [0.15, 0.2) is 42.5 Å². The molecule has 3 atom stereocenters. The number of aliphatic carboxylic acids is 2. The van der Waals surface area contributed by atoms with Gasteiger partial charge in [-0.25, -0.2) is 14.4 Å². The van der Waals surface area contributed by atoms with Crippen molar-refractivity contribution in [3.05, 3.63) is 64.7 Å². The Balaban J connectivity index is 0.000000410. The zero-order chi connectivity index (χ0) is 27.5. The smallest absolute Gasteiger partial charge is 0.338 e. The Morgan fingerprint density at radius 1 is 1.11 bits per heavy atom. The molecule has 1 heterocycles. The van der Waals surface area contributed by atoms with Crippen molar-refractivity contribution in [1.29, 1.82) is 5.26 Å². The molecule has 2 aromatic rings. The maximum absolute atomic E-state index is 12.0. The second kappa shape index (κ2) is 13.9. The summed E-state index contributed by atoms with van der Waals surface area (Å²) < 4.78 is 5.35. The van der Waals surface area contributed by atoms with E-state index in [1.165, 1.54) is 5.56 Å². The Bertz CT molecular complexity index is 1110. The van der Waals surface area contributed by atoms with Gasteiger partial charge in [0, 0.05) is 19.1 Å². The fourth-order valence-corrected chi connectivity index (χ4v) is 3.84. The number of nitriles is 1. The number of carboxylic acids is 2. The number of fused-ring (bicyclic) bond motifs is 1. The maximum Gasteiger partial charge on any atom is 0.338 e. The summed E-state index contributed by atoms with van der Waals surface area (Å²) in [6.07, 6.45) is -2.10. The average molecular weight is 514 g/mol. The molecular weight excluding hydrogens is 482 g/mol. The quantitative estimate of drug-likeness (QED) is 0.224. The standard InChI is InChI=1S/C22H25N3O2.C4H6O6/c1-16(24)12-17-13-19-8-10-25(21(19)20(14-17)15-23)9-5-11-27-22(26)18-6-3-2-4-7-18;5-1(3(7)8)2(6)4(9)10/h2-4,6-7,13-14,16H,5,8-12,24H2,1H3;1-2,5-6H,(H,7,8)(H,9,10)/t16-;1-,2-/m01/s1. The van der Waals surface area contributed by atoms with Gasteiger partial charge in [0.2, 0.25) is 0 Å². The van der Waals surface area contributed by atoms with Gasteiger partial charge in [-0.2, -0.15) is 5.26 Å². The van der Waals surface area contributed by atoms with E-state index < -0.39 is 24.1 Å². The Hall–Kier alpha value is -3.98. The number of aliphatic hydroxyl groups excluding tert-OH is 2. The molecule has 0 radical (unpaired) electrons. The topological polar surface area (TPSA) is 194 Å². The van der Waals surface area contributed by atoms with Crippen molar-refractivity contribution in [3.63, 3.8) is 0 Å². The van der Waals surface area contributed by atoms with Crippen LogP contribution in [0.2, 0.25) is 0 Å². The van der Waals surface area contributed by atoms with Crippen LogP contribution in [0.3, 0.4) is 0 Å². The lowest BCUT2D eigenvalue weighted by Gasteiger charge is -2.21. The van der Waals surface area contributed by atoms with Crippen LogP contribution in [0.5, 0.6) is 0 Å². The Labute approximate surface area is 214 Å². The first-order valence-electron chi connectivity index (χ1n) is 11.7. The molecule has 0 spiro atoms. The number of carboxylic acid groups (broad SMARTS) is 2. The van der Waals surface area contributed by atoms with Crippen LogP contribution >= 0.6 is 0 Å². The predicted octanol–water partition coefficient (Wildman–Crippen LogP) is 0.935. The minimum absolute atomic E-state index is 0.0754. The molecule has 3 rings (SSSR count). The fourth-order valence-electron chi connectivity index (χ4n) is 3.84. The Kier molecular flexibility index (Phi) is 11.0. The largest absolute Gasteiger partial charge is 0.479 e. The van der Waals surface area contributed by atoms with Gasteiger partial charge in [0.25, 0.3) is 0 Å². The van der Waals surface area contributed by atoms with Crippen molar-refractivity contribution >= 4 is 23.6 Å². The number of nitrogens with zero attached hydrogens (tertiary/aromatic N) is 2. The lowest BCUT2D eigenvalue weighted by Crippen LogP contribution is -2.39. The van der Waals surface area contributed by atoms with Crippen LogP contribution in [0.25, 0.3) is 0 Å². The molecule has 0 amide bonds. The highest BCUT2D eigenvalue weighted by atomic mass is 16.5. The number of aliphatic hydroxyl groups is 2. The molecule has 2 aromatic carbocycles. The van der Waals surface area contributed by atoms with E-state index in [2.05, 4.69) is 17.0 Å². The summed E-state index contributed by atoms with van der Waals surface area (Å²) in [5.74, 6) is -3.83. The van der Waals surface area contributed by atoms with Crippen molar-refractivity contribution in [2.75, 3.05) is 24.6 Å². The summed E-state index contributed by atoms with van der Waals surface area (Å²) in [5.41, 5.74) is 10.5. The summed E-state index contributed by atoms with van der Waals surface area (Å²) in [6.45, 7) is 3.99. The van der Waals surface area contributed by atoms with Gasteiger partial charge < -0.3 is 35.8 Å². The van der Waals surface area contributed by atoms with E-state index >= 15 is 0 Å². The molecular formula is C26H31N3O8. The summed E-state index contributed by atoms with van der Waals surface area (Å²) in [4.78, 5) is 33.7. The highest BCUT2D eigenvalue weighted by Gasteiger charge is 2.29. The van der Waals surface area contributed by atoms with Crippen molar-refractivity contribution in [1.82, 2.24) is 0 Å². The monoisotopic (exact) mass is 513 g/mol. The Morgan fingerprint density at radius 2 is 1.73 bits per heavy atom. The molecule has 0 unspecified atom stereocenters. The average Bonchev–Trinajstić information content (AvgIpc) is 3.28. The number of anilines is 1. The number of carbonyl (C=O) groups is 3. The minimum atomic E-state index is -2.27. The number of hydrogen-bond acceptors (Lipinski definition) is 9. The van der Waals surface area contributed by atoms with Crippen LogP contribution in [-0.4, -0.2) is 76.3 Å². The lowest BCUT2D eigenvalue weighted by molar-refractivity contribution is -0.165. The van der Waals surface area contributed by atoms with Crippen molar-refractivity contribution in [2.45, 2.75) is 44.4 Å². The Morgan fingerprint density at radius 3 is 2.27 bits per heavy atom. The molecule has 0 fully saturated rings. The van der Waals surface area contributed by atoms with E-state index in [4.69, 9.17) is 30.9 Å². The van der Waals surface area contributed by atoms with Gasteiger partial charge in [-0.05, 0) is 55.5 Å². The van der Waals surface area contributed by atoms with Crippen LogP contribution in [0.1, 0.15) is 40.4 Å². The normalized spacial score (nSPS) is 14.3. The van der Waals surface area contributed by atoms with Crippen molar-refractivity contribution in [2.24, 2.45) is 5.73 Å². The van der Waals surface area contributed by atoms with E-state index in [0.717, 1.165) is 43.6 Å². The number of benzene rings is 2. The second-order valence-corrected chi connectivity index (χ2v) is 8.60. The molecule has 0 aromatic heterocycles. The van der Waals surface area contributed by atoms with Gasteiger partial charge in [0.15, 0.2) is 12.2 Å². The number of nitrogens with two attached hydrogens (primary N) is 1. The third-order valence-corrected chi connectivity index (χ3v) is 5.51. The van der Waals surface area contributed by atoms with Gasteiger partial charge in [0.05, 0.1) is 23.4 Å². The number of carbonyl (C=O) groups excluding carboxylic acids is 1. The summed E-state index contributed by atoms with van der Waals surface area (Å²) in [6, 6.07) is 15.5. The van der Waals surface area contributed by atoms with Gasteiger partial charge in [0.1, 0.15) is 6.07 Å². The SMILES string of the molecule is C[C@H](N)Cc1cc(C#N)c2c(c1)CCN2CCCOC(=O)c1ccccc1.O=C(O)[C@H](O)[C@@H](O)C(=O)O. The van der Waals surface area contributed by atoms with E-state index in [1.54, 1.807) is 12.1 Å². The molecule has 0 bridgehead atoms. The van der Waals surface area contributed by atoms with Crippen molar-refractivity contribution < 1.29 is 39.5 Å². The molecule has 198 valence electrons. The second-order valence-electron chi connectivity index (χ2n) is 8.60. The molecule has 11 heteroatoms. The highest BCUT2D eigenvalue weighted by molar-refractivity contribution is 5.89. The molecule has 0 saturated carbocycles. The summed E-state index contributed by atoms with van der Waals surface area (Å²) >= 11 is 0. The minimum Gasteiger partial charge on any atom is -0.479 e. The van der Waals surface area contributed by atoms with Gasteiger partial charge in [-0.1, -0.05) is 24.3 Å². The number of ether oxygens (including phenoxy) is 1. The number of esters is 1. The van der Waals surface area contributed by atoms with Crippen molar-refractivity contribution in [3.8, 4) is 6.07 Å². The molecule has 37 heavy (non-hydrogen) atoms. The third-order valence-electron chi connectivity index (χ3n) is 5.51. The van der Waals surface area contributed by atoms with Gasteiger partial charge in [-0.3, -0.25) is 0 Å². The molecule has 1 aliphatic heterocycles. The summed E-state index contributed by atoms with van der Waals surface area (Å²) in [5, 5.41) is 42.1. The third kappa shape index (κ3) is 8.57. The fraction of sp³-hybridized carbons (Fsp3) is 0.385. The molecule has 11 nitrogen and oxygen atoms in total. The van der Waals surface area contributed by atoms with Crippen LogP contribution in [-0.2, 0) is 27.2 Å². The first-order chi connectivity index (χ1) is 17.5. The van der Waals surface area contributed by atoms with E-state index in [1.807, 2.05) is 31.2 Å². The molecule has 0 saturated heterocycles. The summed E-state index contributed by atoms with van der Waals surface area (Å²) in [7, 11) is 0. The van der Waals surface area contributed by atoms with E-state index in [9.17, 15) is 19.6 Å². The number of rotatable bonds is 10. The highest BCUT2D eigenvalue weighted by Crippen LogP contribution is 2.33. The van der Waals surface area contributed by atoms with Gasteiger partial charge >= 0.3 is 17.9 Å². The zero-order valence-corrected chi connectivity index (χ0v) is 20.4. The van der Waals surface area contributed by atoms with Crippen LogP contribution in [0, 0.1) is 11.3 Å². The predicted molar refractivity (Wildman–Crippen MR) is 133 cm³/mol. The van der Waals surface area contributed by atoms with E-state index in [0.29, 0.717) is 17.7 Å². The molecule has 0 aliphatic carbocycles. The van der Waals surface area contributed by atoms with Gasteiger partial charge in [-0.15, -0.1) is 0 Å². The molecule has 1 aliphatic rings. The van der Waals surface area contributed by atoms with E-state index in [-0.39, 0.29) is 12.0 Å². The van der Waals surface area contributed by atoms with Crippen LogP contribution < -0.4 is 10.6 Å². The first kappa shape index (κ1) is 29.3. The maximum atomic E-state index is 12.0. The zero-order valence-electron chi connectivity index (χ0n) is 20.4. The van der Waals surface area contributed by atoms with Crippen LogP contribution in [0.4, 0.5) is 5.69 Å².